The van der Waals surface area contributed by atoms with Gasteiger partial charge in [0, 0.05) is 0 Å². The zero-order valence-corrected chi connectivity index (χ0v) is 6.51. The molecule has 0 aliphatic carbocycles. The third kappa shape index (κ3) is 231. The maximum absolute atomic E-state index is 8.97. The predicted octanol–water partition coefficient (Wildman–Crippen LogP) is -4.42. The first-order valence-corrected chi connectivity index (χ1v) is 2.25. The number of hydrogen-bond acceptors (Lipinski definition) is 3. The topological polar surface area (TPSA) is 110 Å². The van der Waals surface area contributed by atoms with Gasteiger partial charge in [-0.05, 0) is 0 Å². The molecule has 7 heavy (non-hydrogen) atoms. The molecular weight excluding hydrogens is 133 g/mol. The van der Waals surface area contributed by atoms with Crippen molar-refractivity contribution in [2.75, 3.05) is 0 Å². The third-order valence-corrected chi connectivity index (χ3v) is 0. The van der Waals surface area contributed by atoms with Crippen LogP contribution in [0.3, 0.4) is 0 Å². The molecule has 40 valence electrons. The Labute approximate surface area is 63.4 Å². The van der Waals surface area contributed by atoms with E-state index in [0.29, 0.717) is 0 Å². The van der Waals surface area contributed by atoms with E-state index in [1.807, 2.05) is 0 Å². The van der Waals surface area contributed by atoms with E-state index in [0.717, 1.165) is 0 Å². The maximum Gasteiger partial charge on any atom is 1.00 e. The molecule has 0 saturated carbocycles. The van der Waals surface area contributed by atoms with E-state index < -0.39 is 10.3 Å². The van der Waals surface area contributed by atoms with Crippen molar-refractivity contribution in [1.29, 1.82) is 0 Å². The van der Waals surface area contributed by atoms with Gasteiger partial charge < -0.3 is 5.48 Å². The number of nitrogens with two attached hydrogens (primary N) is 1. The average molecular weight is 137 g/mol. The van der Waals surface area contributed by atoms with Crippen LogP contribution in [0.5, 0.6) is 0 Å². The smallest absolute Gasteiger partial charge is 0.870 e. The van der Waals surface area contributed by atoms with Crippen LogP contribution >= 0.6 is 0 Å². The standard InChI is InChI=1S/H3NO3S.Na.H2O/c1-5(2,3)4;;/h(H3,1,2,3,4);;1H2/q;+1;/p-1. The van der Waals surface area contributed by atoms with Crippen LogP contribution in [-0.4, -0.2) is 18.4 Å². The number of rotatable bonds is 0. The molecule has 0 aliphatic rings. The monoisotopic (exact) mass is 137 g/mol. The average Bonchev–Trinajstić information content (AvgIpc) is 0.722. The first-order valence-electron chi connectivity index (χ1n) is 0.752. The van der Waals surface area contributed by atoms with Gasteiger partial charge in [-0.25, -0.2) is 5.14 Å². The van der Waals surface area contributed by atoms with E-state index in [-0.39, 0.29) is 35.0 Å². The Kier molecular flexibility index (Phi) is 11.1. The minimum atomic E-state index is -4.17. The first-order chi connectivity index (χ1) is 2.00. The summed E-state index contributed by atoms with van der Waals surface area (Å²) in [4.78, 5) is 0. The Morgan fingerprint density at radius 2 is 1.43 bits per heavy atom. The second kappa shape index (κ2) is 4.98. The maximum atomic E-state index is 8.97. The van der Waals surface area contributed by atoms with Crippen molar-refractivity contribution in [2.45, 2.75) is 0 Å². The summed E-state index contributed by atoms with van der Waals surface area (Å²) in [7, 11) is -4.17. The van der Waals surface area contributed by atoms with Crippen LogP contribution in [0, 0.1) is 0 Å². The van der Waals surface area contributed by atoms with Crippen molar-refractivity contribution in [3.8, 4) is 0 Å². The summed E-state index contributed by atoms with van der Waals surface area (Å²) in [5, 5.41) is 3.88. The fraction of sp³-hybridized carbons (Fsp3) is 0. The second-order valence-electron chi connectivity index (χ2n) is 0.515. The summed E-state index contributed by atoms with van der Waals surface area (Å²) in [6.07, 6.45) is 0. The first kappa shape index (κ1) is 15.7. The molecule has 4 N–H and O–H groups in total. The van der Waals surface area contributed by atoms with Crippen molar-refractivity contribution in [3.63, 3.8) is 0 Å². The van der Waals surface area contributed by atoms with Crippen LogP contribution in [0.15, 0.2) is 0 Å². The zero-order chi connectivity index (χ0) is 4.50. The normalized spacial score (nSPS) is 8.29. The molecular formula is H4NNaO4S. The van der Waals surface area contributed by atoms with E-state index in [4.69, 9.17) is 13.0 Å². The fourth-order valence-corrected chi connectivity index (χ4v) is 0. The van der Waals surface area contributed by atoms with Crippen LogP contribution in [0.4, 0.5) is 0 Å². The predicted molar refractivity (Wildman–Crippen MR) is 17.7 cm³/mol. The van der Waals surface area contributed by atoms with Crippen molar-refractivity contribution < 1.29 is 48.0 Å². The molecule has 0 radical (unpaired) electrons. The van der Waals surface area contributed by atoms with Gasteiger partial charge in [-0.15, -0.1) is 0 Å². The third-order valence-electron chi connectivity index (χ3n) is 0. The molecule has 0 unspecified atom stereocenters. The van der Waals surface area contributed by atoms with Gasteiger partial charge in [-0.3, -0.25) is 4.55 Å². The van der Waals surface area contributed by atoms with Crippen molar-refractivity contribution >= 4 is 10.3 Å². The minimum absolute atomic E-state index is 0. The van der Waals surface area contributed by atoms with Crippen LogP contribution in [0.1, 0.15) is 0 Å². The van der Waals surface area contributed by atoms with Crippen molar-refractivity contribution in [1.82, 2.24) is 0 Å². The molecule has 0 bridgehead atoms. The fourth-order valence-electron chi connectivity index (χ4n) is 0. The van der Waals surface area contributed by atoms with Gasteiger partial charge >= 0.3 is 39.9 Å². The second-order valence-corrected chi connectivity index (χ2v) is 1.54. The zero-order valence-electron chi connectivity index (χ0n) is 3.70. The summed E-state index contributed by atoms with van der Waals surface area (Å²) >= 11 is 0. The summed E-state index contributed by atoms with van der Waals surface area (Å²) in [6, 6.07) is 0. The largest absolute Gasteiger partial charge is 1.00 e. The number of hydrogen-bond donors (Lipinski definition) is 2. The van der Waals surface area contributed by atoms with Crippen LogP contribution in [0.25, 0.3) is 0 Å². The molecule has 0 aromatic carbocycles. The van der Waals surface area contributed by atoms with Gasteiger partial charge in [0.25, 0.3) is 0 Å². The quantitative estimate of drug-likeness (QED) is 0.259. The van der Waals surface area contributed by atoms with Gasteiger partial charge in [0.1, 0.15) is 0 Å². The molecule has 0 spiro atoms. The van der Waals surface area contributed by atoms with E-state index in [1.165, 1.54) is 0 Å². The molecule has 0 rings (SSSR count). The molecule has 0 amide bonds. The molecule has 7 heteroatoms. The van der Waals surface area contributed by atoms with Gasteiger partial charge in [0.2, 0.25) is 0 Å². The van der Waals surface area contributed by atoms with E-state index >= 15 is 0 Å². The molecule has 5 nitrogen and oxygen atoms in total. The Morgan fingerprint density at radius 3 is 1.43 bits per heavy atom. The SMILES string of the molecule is NS(=O)(=O)O.[Na+].[OH-]. The summed E-state index contributed by atoms with van der Waals surface area (Å²) in [5.41, 5.74) is 0. The van der Waals surface area contributed by atoms with Crippen LogP contribution < -0.4 is 34.7 Å². The Bertz CT molecular complexity index is 94.9. The van der Waals surface area contributed by atoms with E-state index in [2.05, 4.69) is 5.14 Å². The Morgan fingerprint density at radius 1 is 1.43 bits per heavy atom. The van der Waals surface area contributed by atoms with E-state index in [9.17, 15) is 0 Å². The molecule has 0 aliphatic heterocycles. The van der Waals surface area contributed by atoms with Crippen LogP contribution in [-0.2, 0) is 10.3 Å². The summed E-state index contributed by atoms with van der Waals surface area (Å²) < 4.78 is 25.2. The summed E-state index contributed by atoms with van der Waals surface area (Å²) in [5.74, 6) is 0. The molecule has 0 heterocycles. The summed E-state index contributed by atoms with van der Waals surface area (Å²) in [6.45, 7) is 0. The molecule has 0 atom stereocenters. The van der Waals surface area contributed by atoms with Crippen molar-refractivity contribution in [2.24, 2.45) is 5.14 Å². The minimum Gasteiger partial charge on any atom is -0.870 e. The van der Waals surface area contributed by atoms with E-state index in [1.54, 1.807) is 0 Å². The molecule has 0 fully saturated rings. The van der Waals surface area contributed by atoms with Gasteiger partial charge in [-0.2, -0.15) is 8.42 Å². The van der Waals surface area contributed by atoms with Crippen molar-refractivity contribution in [3.05, 3.63) is 0 Å². The molecule has 0 aromatic rings. The van der Waals surface area contributed by atoms with Gasteiger partial charge in [0.15, 0.2) is 0 Å². The Balaban J connectivity index is -0.0000000800. The van der Waals surface area contributed by atoms with Crippen LogP contribution in [0.2, 0.25) is 0 Å². The molecule has 0 aromatic heterocycles. The molecule has 0 saturated heterocycles. The Hall–Kier alpha value is 0.830. The van der Waals surface area contributed by atoms with Gasteiger partial charge in [-0.1, -0.05) is 0 Å². The van der Waals surface area contributed by atoms with Gasteiger partial charge in [0.05, 0.1) is 0 Å².